The number of rotatable bonds is 8. The molecule has 7 rings (SSSR count). The zero-order valence-electron chi connectivity index (χ0n) is 36.5. The third kappa shape index (κ3) is 10.6. The molecule has 0 saturated carbocycles. The normalized spacial score (nSPS) is 14.6. The zero-order valence-corrected chi connectivity index (χ0v) is 38.1. The summed E-state index contributed by atoms with van der Waals surface area (Å²) in [6.07, 6.45) is 5.44. The van der Waals surface area contributed by atoms with Gasteiger partial charge >= 0.3 is 7.12 Å². The predicted octanol–water partition coefficient (Wildman–Crippen LogP) is 10.9. The molecule has 4 aromatic carbocycles. The Kier molecular flexibility index (Phi) is 13.7. The van der Waals surface area contributed by atoms with Gasteiger partial charge in [-0.15, -0.1) is 0 Å². The Labute approximate surface area is 364 Å². The highest BCUT2D eigenvalue weighted by molar-refractivity contribution is 9.10. The molecule has 1 aliphatic rings. The molecule has 0 amide bonds. The lowest BCUT2D eigenvalue weighted by atomic mass is 9.76. The molecule has 0 bridgehead atoms. The lowest BCUT2D eigenvalue weighted by molar-refractivity contribution is 0.00578. The van der Waals surface area contributed by atoms with Gasteiger partial charge in [0, 0.05) is 63.3 Å². The summed E-state index contributed by atoms with van der Waals surface area (Å²) in [4.78, 5) is 7.00. The Balaban J connectivity index is 0.000000175. The van der Waals surface area contributed by atoms with Crippen LogP contribution in [0.1, 0.15) is 79.4 Å². The molecule has 6 aromatic rings. The predicted molar refractivity (Wildman–Crippen MR) is 252 cm³/mol. The first-order chi connectivity index (χ1) is 27.9. The van der Waals surface area contributed by atoms with Crippen LogP contribution >= 0.6 is 15.9 Å². The first-order valence-electron chi connectivity index (χ1n) is 20.1. The van der Waals surface area contributed by atoms with Crippen molar-refractivity contribution in [1.29, 1.82) is 0 Å². The van der Waals surface area contributed by atoms with E-state index < -0.39 is 11.2 Å². The van der Waals surface area contributed by atoms with Crippen molar-refractivity contribution in [2.45, 2.75) is 118 Å². The van der Waals surface area contributed by atoms with Crippen molar-refractivity contribution >= 4 is 73.1 Å². The lowest BCUT2D eigenvalue weighted by Gasteiger charge is -2.32. The molecule has 0 spiro atoms. The van der Waals surface area contributed by atoms with Gasteiger partial charge in [0.05, 0.1) is 35.5 Å². The van der Waals surface area contributed by atoms with Crippen LogP contribution in [-0.4, -0.2) is 48.9 Å². The fraction of sp³-hybridized carbons (Fsp3) is 0.375. The molecule has 1 saturated heterocycles. The van der Waals surface area contributed by atoms with Crippen LogP contribution in [0.2, 0.25) is 0 Å². The summed E-state index contributed by atoms with van der Waals surface area (Å²) in [5, 5.41) is 21.9. The van der Waals surface area contributed by atoms with Gasteiger partial charge in [-0.1, -0.05) is 36.4 Å². The minimum Gasteiger partial charge on any atom is -0.399 e. The topological polar surface area (TPSA) is 130 Å². The largest absolute Gasteiger partial charge is 0.495 e. The van der Waals surface area contributed by atoms with E-state index in [9.17, 15) is 10.2 Å². The fourth-order valence-corrected chi connectivity index (χ4v) is 7.45. The number of nitrogen functional groups attached to an aromatic ring is 2. The van der Waals surface area contributed by atoms with Crippen molar-refractivity contribution in [2.24, 2.45) is 0 Å². The number of hydrogen-bond acceptors (Lipinski definition) is 6. The zero-order chi connectivity index (χ0) is 44.4. The number of hydrogen-bond donors (Lipinski definition) is 4. The molecule has 314 valence electrons. The van der Waals surface area contributed by atoms with Crippen molar-refractivity contribution in [1.82, 2.24) is 9.13 Å². The first-order valence-corrected chi connectivity index (χ1v) is 20.9. The smallest absolute Gasteiger partial charge is 0.399 e. The van der Waals surface area contributed by atoms with Crippen LogP contribution in [0, 0.1) is 27.0 Å². The number of aliphatic hydroxyl groups is 2. The fourth-order valence-electron chi connectivity index (χ4n) is 6.88. The number of aromatic nitrogens is 2. The lowest BCUT2D eigenvalue weighted by Crippen LogP contribution is -2.41. The summed E-state index contributed by atoms with van der Waals surface area (Å²) >= 11 is 3.52. The van der Waals surface area contributed by atoms with Gasteiger partial charge in [0.15, 0.2) is 11.4 Å². The van der Waals surface area contributed by atoms with Crippen molar-refractivity contribution in [2.75, 3.05) is 11.5 Å². The van der Waals surface area contributed by atoms with Crippen molar-refractivity contribution < 1.29 is 19.5 Å². The summed E-state index contributed by atoms with van der Waals surface area (Å²) < 4.78 is 17.3. The van der Waals surface area contributed by atoms with Gasteiger partial charge < -0.3 is 40.1 Å². The number of aryl methyl sites for hydroxylation is 2. The third-order valence-electron chi connectivity index (χ3n) is 11.5. The van der Waals surface area contributed by atoms with Crippen molar-refractivity contribution in [3.8, 4) is 11.1 Å². The third-order valence-corrected chi connectivity index (χ3v) is 12.1. The van der Waals surface area contributed by atoms with Crippen LogP contribution in [0.3, 0.4) is 0 Å². The van der Waals surface area contributed by atoms with E-state index in [0.29, 0.717) is 30.8 Å². The Bertz CT molecular complexity index is 2570. The second kappa shape index (κ2) is 17.9. The molecule has 0 radical (unpaired) electrons. The van der Waals surface area contributed by atoms with Gasteiger partial charge in [0.1, 0.15) is 0 Å². The number of halogens is 1. The Morgan fingerprint density at radius 2 is 1.15 bits per heavy atom. The molecule has 3 heterocycles. The average Bonchev–Trinajstić information content (AvgIpc) is 3.77. The quantitative estimate of drug-likeness (QED) is 0.0685. The number of fused-ring (bicyclic) bond motifs is 2. The van der Waals surface area contributed by atoms with E-state index in [2.05, 4.69) is 74.7 Å². The Morgan fingerprint density at radius 1 is 0.683 bits per heavy atom. The van der Waals surface area contributed by atoms with Crippen LogP contribution < -0.4 is 16.9 Å². The van der Waals surface area contributed by atoms with Crippen LogP contribution in [0.15, 0.2) is 89.7 Å². The van der Waals surface area contributed by atoms with Crippen LogP contribution in [0.5, 0.6) is 0 Å². The average molecular weight is 874 g/mol. The number of anilines is 2. The van der Waals surface area contributed by atoms with Crippen molar-refractivity contribution in [3.63, 3.8) is 0 Å². The molecule has 0 atom stereocenters. The van der Waals surface area contributed by atoms with Gasteiger partial charge in [0.25, 0.3) is 0 Å². The van der Waals surface area contributed by atoms with Crippen molar-refractivity contribution in [3.05, 3.63) is 124 Å². The molecule has 12 heteroatoms. The van der Waals surface area contributed by atoms with Crippen LogP contribution in [-0.2, 0) is 22.4 Å². The van der Waals surface area contributed by atoms with Gasteiger partial charge in [0.2, 0.25) is 0 Å². The molecule has 1 fully saturated rings. The summed E-state index contributed by atoms with van der Waals surface area (Å²) in [5.41, 5.74) is 20.2. The number of nitrogens with zero attached hydrogens (tertiary/aromatic N) is 4. The highest BCUT2D eigenvalue weighted by atomic mass is 79.9. The monoisotopic (exact) mass is 872 g/mol. The van der Waals surface area contributed by atoms with E-state index >= 15 is 0 Å². The van der Waals surface area contributed by atoms with Crippen LogP contribution in [0.4, 0.5) is 22.7 Å². The minimum atomic E-state index is -0.722. The molecule has 60 heavy (non-hydrogen) atoms. The number of benzene rings is 4. The molecule has 0 aliphatic carbocycles. The molecule has 0 unspecified atom stereocenters. The summed E-state index contributed by atoms with van der Waals surface area (Å²) in [7, 11) is -0.330. The van der Waals surface area contributed by atoms with E-state index in [1.165, 1.54) is 0 Å². The van der Waals surface area contributed by atoms with E-state index in [1.807, 2.05) is 114 Å². The van der Waals surface area contributed by atoms with Gasteiger partial charge in [-0.3, -0.25) is 0 Å². The summed E-state index contributed by atoms with van der Waals surface area (Å²) in [6, 6.07) is 23.2. The molecule has 6 N–H and O–H groups in total. The first kappa shape index (κ1) is 46.0. The summed E-state index contributed by atoms with van der Waals surface area (Å²) in [5.74, 6) is 0. The van der Waals surface area contributed by atoms with E-state index in [0.717, 1.165) is 71.9 Å². The minimum absolute atomic E-state index is 0.311. The molecule has 2 aromatic heterocycles. The molecule has 10 nitrogen and oxygen atoms in total. The summed E-state index contributed by atoms with van der Waals surface area (Å²) in [6.45, 7) is 35.3. The maximum atomic E-state index is 10.1. The molecular weight excluding hydrogens is 815 g/mol. The van der Waals surface area contributed by atoms with Gasteiger partial charge in [-0.05, 0) is 162 Å². The van der Waals surface area contributed by atoms with Gasteiger partial charge in [-0.2, -0.15) is 0 Å². The SMILES string of the molecule is Cc1c(N)cccc1B1OC(C)(C)C(C)(C)O1.[C-]#[N+]c1ccc2c(c1)c(-c1cccc(N)c1C)cn2CCC(C)(C)O.[C-]#[N+]c1ccc2c(c1)c(Br)cn2CCC(C)(C)O. The molecule has 1 aliphatic heterocycles. The van der Waals surface area contributed by atoms with Crippen LogP contribution in [0.25, 0.3) is 42.6 Å². The molecular formula is C48H58BBrN6O4. The standard InChI is InChI=1S/C21H23N3O.C14H15BrN2O.C13H20BNO2/c1-14-16(6-5-7-19(14)22)18-13-24(11-10-21(2,3)25)20-9-8-15(23-4)12-17(18)20;1-14(2,18)6-7-17-9-12(15)11-8-10(16-3)4-5-13(11)17;1-9-10(7-6-8-11(9)15)14-16-12(2,3)13(4,5)17-14/h5-9,12-13,25H,10-11,22H2,1-3H3;4-5,8-9,18H,6-7H2,1-2H3;6-8H,15H2,1-5H3. The highest BCUT2D eigenvalue weighted by Gasteiger charge is 2.52. The maximum Gasteiger partial charge on any atom is 0.495 e. The second-order valence-electron chi connectivity index (χ2n) is 17.8. The van der Waals surface area contributed by atoms with Gasteiger partial charge in [-0.25, -0.2) is 9.69 Å². The van der Waals surface area contributed by atoms with E-state index in [1.54, 1.807) is 0 Å². The Hall–Kier alpha value is -5.08. The van der Waals surface area contributed by atoms with E-state index in [4.69, 9.17) is 33.9 Å². The Morgan fingerprint density at radius 3 is 1.67 bits per heavy atom. The second-order valence-corrected chi connectivity index (χ2v) is 18.7. The van der Waals surface area contributed by atoms with E-state index in [-0.39, 0.29) is 18.3 Å². The number of nitrogens with two attached hydrogens (primary N) is 2. The highest BCUT2D eigenvalue weighted by Crippen LogP contribution is 2.38. The maximum absolute atomic E-state index is 10.1.